The standard InChI is InChI=1S/C14H18N2O5/c1-2-10-3-5-11(6-4-10)21-9-13(18)16-15-12(17)7-8-14(19)20/h3-6H,2,7-9H2,1H3,(H,15,17)(H,16,18)(H,19,20). The maximum Gasteiger partial charge on any atom is 0.303 e. The average molecular weight is 294 g/mol. The first-order valence-corrected chi connectivity index (χ1v) is 6.52. The van der Waals surface area contributed by atoms with Crippen LogP contribution in [0.25, 0.3) is 0 Å². The second-order valence-electron chi connectivity index (χ2n) is 4.28. The van der Waals surface area contributed by atoms with E-state index >= 15 is 0 Å². The lowest BCUT2D eigenvalue weighted by atomic mass is 10.2. The van der Waals surface area contributed by atoms with Crippen molar-refractivity contribution in [1.82, 2.24) is 10.9 Å². The van der Waals surface area contributed by atoms with E-state index in [0.717, 1.165) is 12.0 Å². The summed E-state index contributed by atoms with van der Waals surface area (Å²) < 4.78 is 5.24. The number of benzene rings is 1. The second-order valence-corrected chi connectivity index (χ2v) is 4.28. The van der Waals surface area contributed by atoms with Crippen molar-refractivity contribution in [3.8, 4) is 5.75 Å². The van der Waals surface area contributed by atoms with E-state index < -0.39 is 17.8 Å². The SMILES string of the molecule is CCc1ccc(OCC(=O)NNC(=O)CCC(=O)O)cc1. The Balaban J connectivity index is 2.24. The number of carboxylic acid groups (broad SMARTS) is 1. The van der Waals surface area contributed by atoms with Gasteiger partial charge in [0.1, 0.15) is 5.75 Å². The van der Waals surface area contributed by atoms with Gasteiger partial charge in [-0.3, -0.25) is 25.2 Å². The molecule has 114 valence electrons. The zero-order valence-corrected chi connectivity index (χ0v) is 11.7. The van der Waals surface area contributed by atoms with E-state index in [1.807, 2.05) is 19.1 Å². The topological polar surface area (TPSA) is 105 Å². The van der Waals surface area contributed by atoms with Crippen LogP contribution in [0.4, 0.5) is 0 Å². The van der Waals surface area contributed by atoms with Gasteiger partial charge in [0.25, 0.3) is 5.91 Å². The number of rotatable bonds is 7. The van der Waals surface area contributed by atoms with Gasteiger partial charge < -0.3 is 9.84 Å². The third-order valence-corrected chi connectivity index (χ3v) is 2.61. The van der Waals surface area contributed by atoms with Gasteiger partial charge in [-0.25, -0.2) is 0 Å². The highest BCUT2D eigenvalue weighted by Gasteiger charge is 2.07. The molecule has 0 bridgehead atoms. The van der Waals surface area contributed by atoms with Gasteiger partial charge in [0.15, 0.2) is 6.61 Å². The van der Waals surface area contributed by atoms with Crippen LogP contribution < -0.4 is 15.6 Å². The van der Waals surface area contributed by atoms with Crippen LogP contribution in [0.15, 0.2) is 24.3 Å². The Morgan fingerprint density at radius 3 is 2.24 bits per heavy atom. The van der Waals surface area contributed by atoms with Gasteiger partial charge >= 0.3 is 5.97 Å². The lowest BCUT2D eigenvalue weighted by Crippen LogP contribution is -2.43. The van der Waals surface area contributed by atoms with Crippen molar-refractivity contribution >= 4 is 17.8 Å². The molecule has 1 aromatic carbocycles. The first-order chi connectivity index (χ1) is 10.0. The minimum atomic E-state index is -1.07. The Morgan fingerprint density at radius 1 is 1.05 bits per heavy atom. The number of aliphatic carboxylic acids is 1. The van der Waals surface area contributed by atoms with Gasteiger partial charge in [-0.2, -0.15) is 0 Å². The molecule has 0 saturated heterocycles. The van der Waals surface area contributed by atoms with Crippen LogP contribution in [0.5, 0.6) is 5.75 Å². The van der Waals surface area contributed by atoms with Gasteiger partial charge in [0, 0.05) is 6.42 Å². The predicted molar refractivity (Wildman–Crippen MR) is 74.5 cm³/mol. The minimum Gasteiger partial charge on any atom is -0.484 e. The maximum absolute atomic E-state index is 11.4. The molecule has 0 atom stereocenters. The predicted octanol–water partition coefficient (Wildman–Crippen LogP) is 0.640. The van der Waals surface area contributed by atoms with E-state index in [4.69, 9.17) is 9.84 Å². The quantitative estimate of drug-likeness (QED) is 0.640. The van der Waals surface area contributed by atoms with Crippen LogP contribution in [-0.4, -0.2) is 29.5 Å². The van der Waals surface area contributed by atoms with Crippen molar-refractivity contribution in [3.63, 3.8) is 0 Å². The second kappa shape index (κ2) is 8.57. The molecular weight excluding hydrogens is 276 g/mol. The molecule has 3 N–H and O–H groups in total. The summed E-state index contributed by atoms with van der Waals surface area (Å²) in [5.74, 6) is -1.62. The fourth-order valence-corrected chi connectivity index (χ4v) is 1.43. The van der Waals surface area contributed by atoms with Crippen molar-refractivity contribution in [2.24, 2.45) is 0 Å². The third kappa shape index (κ3) is 6.95. The Kier molecular flexibility index (Phi) is 6.73. The molecular formula is C14H18N2O5. The number of carboxylic acids is 1. The van der Waals surface area contributed by atoms with Gasteiger partial charge in [-0.15, -0.1) is 0 Å². The van der Waals surface area contributed by atoms with Gasteiger partial charge in [0.2, 0.25) is 5.91 Å². The highest BCUT2D eigenvalue weighted by molar-refractivity contribution is 5.84. The lowest BCUT2D eigenvalue weighted by molar-refractivity contribution is -0.139. The van der Waals surface area contributed by atoms with Crippen molar-refractivity contribution in [2.45, 2.75) is 26.2 Å². The third-order valence-electron chi connectivity index (χ3n) is 2.61. The number of hydrogen-bond acceptors (Lipinski definition) is 4. The molecule has 0 heterocycles. The molecule has 0 aromatic heterocycles. The first-order valence-electron chi connectivity index (χ1n) is 6.52. The summed E-state index contributed by atoms with van der Waals surface area (Å²) in [6, 6.07) is 7.33. The summed E-state index contributed by atoms with van der Waals surface area (Å²) in [7, 11) is 0. The zero-order chi connectivity index (χ0) is 15.7. The summed E-state index contributed by atoms with van der Waals surface area (Å²) in [5.41, 5.74) is 5.42. The number of hydrogen-bond donors (Lipinski definition) is 3. The van der Waals surface area contributed by atoms with Crippen LogP contribution in [-0.2, 0) is 20.8 Å². The summed E-state index contributed by atoms with van der Waals surface area (Å²) in [6.45, 7) is 1.79. The normalized spacial score (nSPS) is 9.76. The Labute approximate surface area is 122 Å². The van der Waals surface area contributed by atoms with Crippen molar-refractivity contribution in [2.75, 3.05) is 6.61 Å². The van der Waals surface area contributed by atoms with Crippen LogP contribution in [0.2, 0.25) is 0 Å². The van der Waals surface area contributed by atoms with E-state index in [-0.39, 0.29) is 19.4 Å². The van der Waals surface area contributed by atoms with E-state index in [1.54, 1.807) is 12.1 Å². The molecule has 0 aliphatic rings. The van der Waals surface area contributed by atoms with Gasteiger partial charge in [0.05, 0.1) is 6.42 Å². The summed E-state index contributed by atoms with van der Waals surface area (Å²) in [4.78, 5) is 32.8. The molecule has 0 unspecified atom stereocenters. The molecule has 0 radical (unpaired) electrons. The number of amides is 2. The van der Waals surface area contributed by atoms with Gasteiger partial charge in [-0.1, -0.05) is 19.1 Å². The lowest BCUT2D eigenvalue weighted by Gasteiger charge is -2.08. The summed E-state index contributed by atoms with van der Waals surface area (Å²) in [6.07, 6.45) is 0.431. The smallest absolute Gasteiger partial charge is 0.303 e. The van der Waals surface area contributed by atoms with Crippen molar-refractivity contribution in [1.29, 1.82) is 0 Å². The Bertz CT molecular complexity index is 499. The molecule has 0 saturated carbocycles. The molecule has 0 fully saturated rings. The van der Waals surface area contributed by atoms with Crippen LogP contribution >= 0.6 is 0 Å². The number of hydrazine groups is 1. The van der Waals surface area contributed by atoms with Crippen LogP contribution in [0, 0.1) is 0 Å². The highest BCUT2D eigenvalue weighted by atomic mass is 16.5. The van der Waals surface area contributed by atoms with Gasteiger partial charge in [-0.05, 0) is 24.1 Å². The Morgan fingerprint density at radius 2 is 1.67 bits per heavy atom. The Hall–Kier alpha value is -2.57. The summed E-state index contributed by atoms with van der Waals surface area (Å²) >= 11 is 0. The monoisotopic (exact) mass is 294 g/mol. The van der Waals surface area contributed by atoms with E-state index in [0.29, 0.717) is 5.75 Å². The first kappa shape index (κ1) is 16.5. The number of nitrogens with one attached hydrogen (secondary N) is 2. The molecule has 7 nitrogen and oxygen atoms in total. The largest absolute Gasteiger partial charge is 0.484 e. The number of ether oxygens (including phenoxy) is 1. The molecule has 2 amide bonds. The molecule has 0 aliphatic heterocycles. The maximum atomic E-state index is 11.4. The molecule has 0 spiro atoms. The van der Waals surface area contributed by atoms with E-state index in [1.165, 1.54) is 0 Å². The molecule has 1 aromatic rings. The molecule has 1 rings (SSSR count). The van der Waals surface area contributed by atoms with E-state index in [2.05, 4.69) is 10.9 Å². The summed E-state index contributed by atoms with van der Waals surface area (Å²) in [5, 5.41) is 8.40. The number of carbonyl (C=O) groups is 3. The minimum absolute atomic E-state index is 0.199. The van der Waals surface area contributed by atoms with E-state index in [9.17, 15) is 14.4 Å². The van der Waals surface area contributed by atoms with Crippen LogP contribution in [0.3, 0.4) is 0 Å². The highest BCUT2D eigenvalue weighted by Crippen LogP contribution is 2.12. The fraction of sp³-hybridized carbons (Fsp3) is 0.357. The van der Waals surface area contributed by atoms with Crippen molar-refractivity contribution in [3.05, 3.63) is 29.8 Å². The van der Waals surface area contributed by atoms with Crippen molar-refractivity contribution < 1.29 is 24.2 Å². The number of carbonyl (C=O) groups excluding carboxylic acids is 2. The van der Waals surface area contributed by atoms with Crippen LogP contribution in [0.1, 0.15) is 25.3 Å². The zero-order valence-electron chi connectivity index (χ0n) is 11.7. The average Bonchev–Trinajstić information content (AvgIpc) is 2.49. The number of aryl methyl sites for hydroxylation is 1. The molecule has 0 aliphatic carbocycles. The fourth-order valence-electron chi connectivity index (χ4n) is 1.43. The molecule has 7 heteroatoms. The molecule has 21 heavy (non-hydrogen) atoms.